The van der Waals surface area contributed by atoms with Crippen LogP contribution in [-0.4, -0.2) is 37.0 Å². The van der Waals surface area contributed by atoms with E-state index in [0.717, 1.165) is 6.42 Å². The van der Waals surface area contributed by atoms with E-state index in [1.807, 2.05) is 18.4 Å². The van der Waals surface area contributed by atoms with E-state index in [-0.39, 0.29) is 18.2 Å². The summed E-state index contributed by atoms with van der Waals surface area (Å²) in [6.07, 6.45) is 2.01. The van der Waals surface area contributed by atoms with E-state index in [4.69, 9.17) is 4.74 Å². The van der Waals surface area contributed by atoms with Crippen molar-refractivity contribution in [2.45, 2.75) is 45.1 Å². The third-order valence-corrected chi connectivity index (χ3v) is 4.28. The predicted octanol–water partition coefficient (Wildman–Crippen LogP) is 2.11. The highest BCUT2D eigenvalue weighted by Crippen LogP contribution is 2.14. The third-order valence-electron chi connectivity index (χ3n) is 3.41. The number of amides is 2. The molecule has 1 rings (SSSR count). The SMILES string of the molecule is CCCC(C)(NC(=O)CCCNC(=O)c1cccs1)C(=O)OC. The van der Waals surface area contributed by atoms with Crippen LogP contribution in [0.25, 0.3) is 0 Å². The molecular weight excluding hydrogens is 316 g/mol. The average Bonchev–Trinajstić information content (AvgIpc) is 3.05. The Morgan fingerprint density at radius 2 is 2.09 bits per heavy atom. The second-order valence-electron chi connectivity index (χ2n) is 5.46. The zero-order chi connectivity index (χ0) is 17.3. The van der Waals surface area contributed by atoms with Crippen LogP contribution >= 0.6 is 11.3 Å². The standard InChI is InChI=1S/C16H24N2O4S/c1-4-9-16(2,15(21)22-3)18-13(19)8-5-10-17-14(20)12-7-6-11-23-12/h6-7,11H,4-5,8-10H2,1-3H3,(H,17,20)(H,18,19). The highest BCUT2D eigenvalue weighted by molar-refractivity contribution is 7.12. The van der Waals surface area contributed by atoms with Crippen molar-refractivity contribution in [2.75, 3.05) is 13.7 Å². The van der Waals surface area contributed by atoms with Crippen molar-refractivity contribution in [3.05, 3.63) is 22.4 Å². The van der Waals surface area contributed by atoms with Crippen molar-refractivity contribution in [3.8, 4) is 0 Å². The summed E-state index contributed by atoms with van der Waals surface area (Å²) in [5.74, 6) is -0.804. The number of hydrogen-bond acceptors (Lipinski definition) is 5. The molecule has 0 bridgehead atoms. The van der Waals surface area contributed by atoms with Crippen LogP contribution in [0.3, 0.4) is 0 Å². The molecule has 1 heterocycles. The molecule has 0 aliphatic heterocycles. The molecule has 128 valence electrons. The molecule has 0 fully saturated rings. The number of methoxy groups -OCH3 is 1. The fourth-order valence-corrected chi connectivity index (χ4v) is 2.90. The van der Waals surface area contributed by atoms with Crippen molar-refractivity contribution >= 4 is 29.1 Å². The van der Waals surface area contributed by atoms with Gasteiger partial charge in [-0.1, -0.05) is 19.4 Å². The maximum Gasteiger partial charge on any atom is 0.331 e. The van der Waals surface area contributed by atoms with Gasteiger partial charge in [0.25, 0.3) is 5.91 Å². The Morgan fingerprint density at radius 3 is 2.65 bits per heavy atom. The Labute approximate surface area is 140 Å². The molecule has 0 saturated carbocycles. The van der Waals surface area contributed by atoms with Gasteiger partial charge in [0.05, 0.1) is 12.0 Å². The topological polar surface area (TPSA) is 84.5 Å². The van der Waals surface area contributed by atoms with Gasteiger partial charge in [0.2, 0.25) is 5.91 Å². The lowest BCUT2D eigenvalue weighted by Crippen LogP contribution is -2.52. The zero-order valence-electron chi connectivity index (χ0n) is 13.8. The lowest BCUT2D eigenvalue weighted by molar-refractivity contribution is -0.150. The highest BCUT2D eigenvalue weighted by atomic mass is 32.1. The van der Waals surface area contributed by atoms with E-state index in [0.29, 0.717) is 24.3 Å². The Hall–Kier alpha value is -1.89. The fourth-order valence-electron chi connectivity index (χ4n) is 2.26. The largest absolute Gasteiger partial charge is 0.467 e. The number of rotatable bonds is 9. The molecule has 1 unspecified atom stereocenters. The summed E-state index contributed by atoms with van der Waals surface area (Å²) >= 11 is 1.37. The van der Waals surface area contributed by atoms with Gasteiger partial charge < -0.3 is 15.4 Å². The Bertz CT molecular complexity index is 530. The molecule has 1 aromatic rings. The third kappa shape index (κ3) is 6.02. The molecule has 6 nitrogen and oxygen atoms in total. The number of nitrogens with one attached hydrogen (secondary N) is 2. The number of thiophene rings is 1. The van der Waals surface area contributed by atoms with Gasteiger partial charge in [0.15, 0.2) is 0 Å². The second kappa shape index (κ2) is 9.29. The fraction of sp³-hybridized carbons (Fsp3) is 0.562. The number of esters is 1. The maximum absolute atomic E-state index is 12.0. The molecule has 23 heavy (non-hydrogen) atoms. The van der Waals surface area contributed by atoms with E-state index in [1.165, 1.54) is 18.4 Å². The average molecular weight is 340 g/mol. The Balaban J connectivity index is 2.35. The van der Waals surface area contributed by atoms with Gasteiger partial charge in [-0.15, -0.1) is 11.3 Å². The number of hydrogen-bond donors (Lipinski definition) is 2. The molecule has 0 aliphatic carbocycles. The molecule has 0 spiro atoms. The van der Waals surface area contributed by atoms with E-state index in [2.05, 4.69) is 10.6 Å². The number of ether oxygens (including phenoxy) is 1. The first kappa shape index (κ1) is 19.2. The van der Waals surface area contributed by atoms with Gasteiger partial charge in [-0.25, -0.2) is 4.79 Å². The second-order valence-corrected chi connectivity index (χ2v) is 6.41. The minimum Gasteiger partial charge on any atom is -0.467 e. The first-order chi connectivity index (χ1) is 10.9. The van der Waals surface area contributed by atoms with Crippen molar-refractivity contribution < 1.29 is 19.1 Å². The first-order valence-corrected chi connectivity index (χ1v) is 8.52. The molecule has 0 saturated heterocycles. The minimum atomic E-state index is -0.999. The maximum atomic E-state index is 12.0. The van der Waals surface area contributed by atoms with E-state index in [1.54, 1.807) is 13.0 Å². The van der Waals surface area contributed by atoms with Crippen molar-refractivity contribution in [1.82, 2.24) is 10.6 Å². The summed E-state index contributed by atoms with van der Waals surface area (Å²) in [6, 6.07) is 3.56. The molecule has 2 N–H and O–H groups in total. The lowest BCUT2D eigenvalue weighted by atomic mass is 9.96. The van der Waals surface area contributed by atoms with Crippen LogP contribution < -0.4 is 10.6 Å². The van der Waals surface area contributed by atoms with E-state index >= 15 is 0 Å². The normalized spacial score (nSPS) is 13.0. The summed E-state index contributed by atoms with van der Waals surface area (Å²) in [7, 11) is 1.31. The van der Waals surface area contributed by atoms with Crippen LogP contribution in [-0.2, 0) is 14.3 Å². The van der Waals surface area contributed by atoms with Gasteiger partial charge in [0.1, 0.15) is 5.54 Å². The quantitative estimate of drug-likeness (QED) is 0.533. The molecule has 0 radical (unpaired) electrons. The van der Waals surface area contributed by atoms with E-state index in [9.17, 15) is 14.4 Å². The molecule has 1 aromatic heterocycles. The van der Waals surface area contributed by atoms with Crippen LogP contribution in [0.1, 0.15) is 49.2 Å². The molecule has 0 aromatic carbocycles. The molecule has 0 aliphatic rings. The summed E-state index contributed by atoms with van der Waals surface area (Å²) in [5.41, 5.74) is -0.999. The van der Waals surface area contributed by atoms with Crippen LogP contribution in [0, 0.1) is 0 Å². The van der Waals surface area contributed by atoms with Crippen molar-refractivity contribution in [2.24, 2.45) is 0 Å². The highest BCUT2D eigenvalue weighted by Gasteiger charge is 2.34. The minimum absolute atomic E-state index is 0.134. The van der Waals surface area contributed by atoms with Crippen LogP contribution in [0.5, 0.6) is 0 Å². The summed E-state index contributed by atoms with van der Waals surface area (Å²) < 4.78 is 4.76. The molecule has 7 heteroatoms. The lowest BCUT2D eigenvalue weighted by Gasteiger charge is -2.27. The summed E-state index contributed by atoms with van der Waals surface area (Å²) in [5, 5.41) is 7.34. The number of carbonyl (C=O) groups excluding carboxylic acids is 3. The predicted molar refractivity (Wildman–Crippen MR) is 89.4 cm³/mol. The van der Waals surface area contributed by atoms with Crippen molar-refractivity contribution in [3.63, 3.8) is 0 Å². The van der Waals surface area contributed by atoms with Crippen LogP contribution in [0.2, 0.25) is 0 Å². The van der Waals surface area contributed by atoms with Crippen LogP contribution in [0.4, 0.5) is 0 Å². The van der Waals surface area contributed by atoms with Gasteiger partial charge in [-0.05, 0) is 31.2 Å². The first-order valence-electron chi connectivity index (χ1n) is 7.64. The Kier molecular flexibility index (Phi) is 7.74. The van der Waals surface area contributed by atoms with Gasteiger partial charge in [0, 0.05) is 13.0 Å². The van der Waals surface area contributed by atoms with E-state index < -0.39 is 11.5 Å². The van der Waals surface area contributed by atoms with Crippen molar-refractivity contribution in [1.29, 1.82) is 0 Å². The molecule has 1 atom stereocenters. The summed E-state index contributed by atoms with van der Waals surface area (Å²) in [4.78, 5) is 36.2. The Morgan fingerprint density at radius 1 is 1.35 bits per heavy atom. The molecular formula is C16H24N2O4S. The zero-order valence-corrected chi connectivity index (χ0v) is 14.6. The summed E-state index contributed by atoms with van der Waals surface area (Å²) in [6.45, 7) is 4.01. The number of carbonyl (C=O) groups is 3. The monoisotopic (exact) mass is 340 g/mol. The van der Waals surface area contributed by atoms with Crippen LogP contribution in [0.15, 0.2) is 17.5 Å². The van der Waals surface area contributed by atoms with Gasteiger partial charge in [-0.2, -0.15) is 0 Å². The van der Waals surface area contributed by atoms with Gasteiger partial charge >= 0.3 is 5.97 Å². The van der Waals surface area contributed by atoms with Gasteiger partial charge in [-0.3, -0.25) is 9.59 Å². The smallest absolute Gasteiger partial charge is 0.331 e. The molecule has 2 amide bonds.